The van der Waals surface area contributed by atoms with Gasteiger partial charge in [-0.1, -0.05) is 48.0 Å². The number of benzene rings is 2. The van der Waals surface area contributed by atoms with Gasteiger partial charge in [0.2, 0.25) is 0 Å². The Morgan fingerprint density at radius 1 is 1.00 bits per heavy atom. The zero-order valence-corrected chi connectivity index (χ0v) is 11.5. The second-order valence-electron chi connectivity index (χ2n) is 4.57. The van der Waals surface area contributed by atoms with Gasteiger partial charge in [0, 0.05) is 16.7 Å². The van der Waals surface area contributed by atoms with Crippen molar-refractivity contribution in [3.8, 4) is 0 Å². The average molecular weight is 257 g/mol. The number of rotatable bonds is 5. The molecular weight excluding hydrogens is 238 g/mol. The molecule has 94 valence electrons. The number of hydrogen-bond donors (Lipinski definition) is 1. The maximum Gasteiger partial charge on any atom is 0.0174 e. The van der Waals surface area contributed by atoms with E-state index in [-0.39, 0.29) is 6.04 Å². The molecule has 0 aliphatic heterocycles. The number of nitrogens with two attached hydrogens (primary N) is 1. The molecule has 2 aromatic rings. The molecule has 2 aromatic carbocycles. The van der Waals surface area contributed by atoms with Crippen molar-refractivity contribution in [2.75, 3.05) is 5.75 Å². The molecule has 2 heteroatoms. The van der Waals surface area contributed by atoms with Crippen molar-refractivity contribution in [2.24, 2.45) is 5.73 Å². The molecule has 0 aliphatic rings. The minimum absolute atomic E-state index is 0.206. The second-order valence-corrected chi connectivity index (χ2v) is 5.67. The van der Waals surface area contributed by atoms with Gasteiger partial charge in [0.1, 0.15) is 0 Å². The highest BCUT2D eigenvalue weighted by Gasteiger charge is 2.05. The van der Waals surface area contributed by atoms with Crippen LogP contribution in [0.15, 0.2) is 59.5 Å². The van der Waals surface area contributed by atoms with Crippen LogP contribution in [0, 0.1) is 6.92 Å². The van der Waals surface area contributed by atoms with Gasteiger partial charge in [-0.15, -0.1) is 11.8 Å². The molecule has 0 aliphatic carbocycles. The highest BCUT2D eigenvalue weighted by Crippen LogP contribution is 2.18. The van der Waals surface area contributed by atoms with E-state index in [1.54, 1.807) is 0 Å². The van der Waals surface area contributed by atoms with Crippen molar-refractivity contribution in [3.05, 3.63) is 65.7 Å². The van der Waals surface area contributed by atoms with Crippen molar-refractivity contribution >= 4 is 11.8 Å². The molecule has 0 spiro atoms. The lowest BCUT2D eigenvalue weighted by Gasteiger charge is -2.11. The monoisotopic (exact) mass is 257 g/mol. The topological polar surface area (TPSA) is 26.0 Å². The highest BCUT2D eigenvalue weighted by atomic mass is 32.2. The van der Waals surface area contributed by atoms with Crippen LogP contribution in [0.25, 0.3) is 0 Å². The maximum absolute atomic E-state index is 6.17. The van der Waals surface area contributed by atoms with Gasteiger partial charge in [-0.3, -0.25) is 0 Å². The van der Waals surface area contributed by atoms with Crippen LogP contribution in [-0.4, -0.2) is 11.8 Å². The summed E-state index contributed by atoms with van der Waals surface area (Å²) >= 11 is 1.83. The third-order valence-corrected chi connectivity index (χ3v) is 4.03. The second kappa shape index (κ2) is 6.62. The van der Waals surface area contributed by atoms with Gasteiger partial charge >= 0.3 is 0 Å². The van der Waals surface area contributed by atoms with E-state index in [1.165, 1.54) is 16.0 Å². The van der Waals surface area contributed by atoms with Crippen LogP contribution >= 0.6 is 11.8 Å². The Morgan fingerprint density at radius 2 is 1.67 bits per heavy atom. The molecule has 0 amide bonds. The lowest BCUT2D eigenvalue weighted by molar-refractivity contribution is 0.748. The molecule has 0 saturated heterocycles. The quantitative estimate of drug-likeness (QED) is 0.827. The van der Waals surface area contributed by atoms with Crippen LogP contribution in [-0.2, 0) is 6.42 Å². The van der Waals surface area contributed by atoms with Crippen molar-refractivity contribution in [1.29, 1.82) is 0 Å². The Hall–Kier alpha value is -1.25. The van der Waals surface area contributed by atoms with E-state index in [1.807, 2.05) is 17.8 Å². The summed E-state index contributed by atoms with van der Waals surface area (Å²) in [5, 5.41) is 0. The largest absolute Gasteiger partial charge is 0.327 e. The zero-order valence-electron chi connectivity index (χ0n) is 10.7. The summed E-state index contributed by atoms with van der Waals surface area (Å²) in [6.45, 7) is 2.11. The molecule has 0 bridgehead atoms. The van der Waals surface area contributed by atoms with Crippen LogP contribution in [0.3, 0.4) is 0 Å². The molecule has 0 radical (unpaired) electrons. The minimum atomic E-state index is 0.206. The van der Waals surface area contributed by atoms with E-state index in [4.69, 9.17) is 5.73 Å². The first-order chi connectivity index (χ1) is 8.74. The van der Waals surface area contributed by atoms with E-state index in [0.29, 0.717) is 0 Å². The highest BCUT2D eigenvalue weighted by molar-refractivity contribution is 7.99. The Kier molecular flexibility index (Phi) is 4.85. The van der Waals surface area contributed by atoms with Crippen LogP contribution < -0.4 is 5.73 Å². The lowest BCUT2D eigenvalue weighted by Crippen LogP contribution is -2.25. The molecular formula is C16H19NS. The molecule has 2 N–H and O–H groups in total. The van der Waals surface area contributed by atoms with Gasteiger partial charge < -0.3 is 5.73 Å². The summed E-state index contributed by atoms with van der Waals surface area (Å²) in [5.41, 5.74) is 8.79. The van der Waals surface area contributed by atoms with E-state index in [2.05, 4.69) is 55.5 Å². The number of aryl methyl sites for hydroxylation is 1. The van der Waals surface area contributed by atoms with Crippen LogP contribution in [0.4, 0.5) is 0 Å². The zero-order chi connectivity index (χ0) is 12.8. The third-order valence-electron chi connectivity index (χ3n) is 2.83. The normalized spacial score (nSPS) is 12.3. The van der Waals surface area contributed by atoms with Crippen LogP contribution in [0.1, 0.15) is 11.1 Å². The Bertz CT molecular complexity index is 464. The molecule has 0 fully saturated rings. The van der Waals surface area contributed by atoms with Crippen molar-refractivity contribution in [2.45, 2.75) is 24.3 Å². The predicted molar refractivity (Wildman–Crippen MR) is 80.0 cm³/mol. The van der Waals surface area contributed by atoms with Crippen LogP contribution in [0.5, 0.6) is 0 Å². The SMILES string of the molecule is Cc1ccc(CC(N)CSc2ccccc2)cc1. The molecule has 1 unspecified atom stereocenters. The predicted octanol–water partition coefficient (Wildman–Crippen LogP) is 3.66. The summed E-state index contributed by atoms with van der Waals surface area (Å²) in [5.74, 6) is 0.956. The molecule has 0 saturated carbocycles. The number of hydrogen-bond acceptors (Lipinski definition) is 2. The first-order valence-corrected chi connectivity index (χ1v) is 7.21. The summed E-state index contributed by atoms with van der Waals surface area (Å²) in [4.78, 5) is 1.29. The van der Waals surface area contributed by atoms with Gasteiger partial charge in [0.05, 0.1) is 0 Å². The van der Waals surface area contributed by atoms with Gasteiger partial charge in [-0.25, -0.2) is 0 Å². The smallest absolute Gasteiger partial charge is 0.0174 e. The van der Waals surface area contributed by atoms with Gasteiger partial charge in [0.25, 0.3) is 0 Å². The standard InChI is InChI=1S/C16H19NS/c1-13-7-9-14(10-8-13)11-15(17)12-18-16-5-3-2-4-6-16/h2-10,15H,11-12,17H2,1H3. The fourth-order valence-electron chi connectivity index (χ4n) is 1.81. The van der Waals surface area contributed by atoms with E-state index in [9.17, 15) is 0 Å². The van der Waals surface area contributed by atoms with Gasteiger partial charge in [0.15, 0.2) is 0 Å². The summed E-state index contributed by atoms with van der Waals surface area (Å²) in [6, 6.07) is 19.3. The van der Waals surface area contributed by atoms with Crippen molar-refractivity contribution in [3.63, 3.8) is 0 Å². The first kappa shape index (κ1) is 13.2. The number of thioether (sulfide) groups is 1. The molecule has 1 nitrogen and oxygen atoms in total. The fraction of sp³-hybridized carbons (Fsp3) is 0.250. The van der Waals surface area contributed by atoms with Crippen LogP contribution in [0.2, 0.25) is 0 Å². The Labute approximate surface area is 113 Å². The van der Waals surface area contributed by atoms with Gasteiger partial charge in [-0.2, -0.15) is 0 Å². The van der Waals surface area contributed by atoms with E-state index in [0.717, 1.165) is 12.2 Å². The molecule has 1 atom stereocenters. The third kappa shape index (κ3) is 4.21. The molecule has 0 heterocycles. The van der Waals surface area contributed by atoms with E-state index < -0.39 is 0 Å². The first-order valence-electron chi connectivity index (χ1n) is 6.23. The van der Waals surface area contributed by atoms with Gasteiger partial charge in [-0.05, 0) is 31.0 Å². The molecule has 18 heavy (non-hydrogen) atoms. The average Bonchev–Trinajstić information content (AvgIpc) is 2.40. The van der Waals surface area contributed by atoms with E-state index >= 15 is 0 Å². The fourth-order valence-corrected chi connectivity index (χ4v) is 2.68. The summed E-state index contributed by atoms with van der Waals surface area (Å²) < 4.78 is 0. The molecule has 0 aromatic heterocycles. The summed E-state index contributed by atoms with van der Waals surface area (Å²) in [6.07, 6.45) is 0.945. The maximum atomic E-state index is 6.17. The Balaban J connectivity index is 1.82. The Morgan fingerprint density at radius 3 is 2.33 bits per heavy atom. The van der Waals surface area contributed by atoms with Crippen molar-refractivity contribution in [1.82, 2.24) is 0 Å². The lowest BCUT2D eigenvalue weighted by atomic mass is 10.1. The molecule has 2 rings (SSSR count). The van der Waals surface area contributed by atoms with Crippen molar-refractivity contribution < 1.29 is 0 Å². The minimum Gasteiger partial charge on any atom is -0.327 e. The summed E-state index contributed by atoms with van der Waals surface area (Å²) in [7, 11) is 0.